The van der Waals surface area contributed by atoms with E-state index in [1.807, 2.05) is 6.07 Å². The van der Waals surface area contributed by atoms with E-state index >= 15 is 0 Å². The molecule has 0 saturated carbocycles. The molecule has 2 heterocycles. The second-order valence-electron chi connectivity index (χ2n) is 3.20. The van der Waals surface area contributed by atoms with E-state index in [-0.39, 0.29) is 12.3 Å². The van der Waals surface area contributed by atoms with Crippen LogP contribution >= 0.6 is 22.7 Å². The maximum atomic E-state index is 11.2. The first kappa shape index (κ1) is 12.2. The first-order chi connectivity index (χ1) is 8.72. The van der Waals surface area contributed by atoms with Crippen molar-refractivity contribution in [1.29, 1.82) is 10.5 Å². The Bertz CT molecular complexity index is 659. The molecule has 2 aromatic rings. The van der Waals surface area contributed by atoms with Gasteiger partial charge in [0.1, 0.15) is 17.4 Å². The standard InChI is InChI=1S/C11H6N4OS2/c12-4-3-10(16)15-11-14-8(6-17-11)9-2-1-7(5-13)18-9/h1-2,6H,3H2,(H,14,15,16). The molecule has 1 N–H and O–H groups in total. The van der Waals surface area contributed by atoms with Gasteiger partial charge in [-0.05, 0) is 12.1 Å². The molecule has 1 amide bonds. The summed E-state index contributed by atoms with van der Waals surface area (Å²) in [5.41, 5.74) is 0.721. The molecule has 88 valence electrons. The van der Waals surface area contributed by atoms with Gasteiger partial charge >= 0.3 is 0 Å². The van der Waals surface area contributed by atoms with Gasteiger partial charge in [-0.25, -0.2) is 4.98 Å². The van der Waals surface area contributed by atoms with Gasteiger partial charge < -0.3 is 5.32 Å². The largest absolute Gasteiger partial charge is 0.301 e. The predicted molar refractivity (Wildman–Crippen MR) is 69.0 cm³/mol. The van der Waals surface area contributed by atoms with Crippen molar-refractivity contribution in [2.45, 2.75) is 6.42 Å². The van der Waals surface area contributed by atoms with E-state index in [2.05, 4.69) is 16.4 Å². The van der Waals surface area contributed by atoms with E-state index in [0.717, 1.165) is 10.6 Å². The normalized spacial score (nSPS) is 9.44. The lowest BCUT2D eigenvalue weighted by Crippen LogP contribution is -2.09. The number of nitrogens with zero attached hydrogens (tertiary/aromatic N) is 3. The second-order valence-corrected chi connectivity index (χ2v) is 5.14. The van der Waals surface area contributed by atoms with Crippen molar-refractivity contribution in [2.24, 2.45) is 0 Å². The first-order valence-electron chi connectivity index (χ1n) is 4.85. The summed E-state index contributed by atoms with van der Waals surface area (Å²) in [5.74, 6) is -0.373. The van der Waals surface area contributed by atoms with Gasteiger partial charge in [0.05, 0.1) is 16.6 Å². The fraction of sp³-hybridized carbons (Fsp3) is 0.0909. The van der Waals surface area contributed by atoms with Crippen LogP contribution < -0.4 is 5.32 Å². The number of hydrogen-bond donors (Lipinski definition) is 1. The summed E-state index contributed by atoms with van der Waals surface area (Å²) in [6, 6.07) is 7.38. The molecule has 0 aliphatic heterocycles. The van der Waals surface area contributed by atoms with Crippen LogP contribution in [-0.4, -0.2) is 10.9 Å². The topological polar surface area (TPSA) is 89.6 Å². The number of rotatable bonds is 3. The number of aromatic nitrogens is 1. The molecular weight excluding hydrogens is 268 g/mol. The molecule has 0 unspecified atom stereocenters. The Morgan fingerprint density at radius 3 is 2.94 bits per heavy atom. The zero-order valence-corrected chi connectivity index (χ0v) is 10.6. The molecule has 0 aromatic carbocycles. The molecule has 0 aliphatic rings. The highest BCUT2D eigenvalue weighted by atomic mass is 32.1. The lowest BCUT2D eigenvalue weighted by molar-refractivity contribution is -0.115. The van der Waals surface area contributed by atoms with E-state index in [9.17, 15) is 4.79 Å². The summed E-state index contributed by atoms with van der Waals surface area (Å²) in [5, 5.41) is 21.9. The average molecular weight is 274 g/mol. The zero-order chi connectivity index (χ0) is 13.0. The van der Waals surface area contributed by atoms with Crippen molar-refractivity contribution in [1.82, 2.24) is 4.98 Å². The fourth-order valence-electron chi connectivity index (χ4n) is 1.22. The molecule has 0 fully saturated rings. The Hall–Kier alpha value is -2.22. The Kier molecular flexibility index (Phi) is 3.68. The predicted octanol–water partition coefficient (Wildman–Crippen LogP) is 2.60. The number of carbonyl (C=O) groups is 1. The summed E-state index contributed by atoms with van der Waals surface area (Å²) in [7, 11) is 0. The van der Waals surface area contributed by atoms with Gasteiger partial charge in [-0.2, -0.15) is 10.5 Å². The number of anilines is 1. The van der Waals surface area contributed by atoms with Crippen molar-refractivity contribution < 1.29 is 4.79 Å². The minimum Gasteiger partial charge on any atom is -0.301 e. The monoisotopic (exact) mass is 274 g/mol. The van der Waals surface area contributed by atoms with Crippen molar-refractivity contribution in [3.63, 3.8) is 0 Å². The smallest absolute Gasteiger partial charge is 0.240 e. The fourth-order valence-corrected chi connectivity index (χ4v) is 2.78. The summed E-state index contributed by atoms with van der Waals surface area (Å²) in [6.07, 6.45) is -0.188. The van der Waals surface area contributed by atoms with Gasteiger partial charge in [-0.3, -0.25) is 4.79 Å². The van der Waals surface area contributed by atoms with Crippen molar-refractivity contribution >= 4 is 33.7 Å². The van der Waals surface area contributed by atoms with Crippen LogP contribution in [0.2, 0.25) is 0 Å². The van der Waals surface area contributed by atoms with E-state index in [0.29, 0.717) is 10.0 Å². The van der Waals surface area contributed by atoms with Gasteiger partial charge in [0, 0.05) is 5.38 Å². The summed E-state index contributed by atoms with van der Waals surface area (Å²) in [6.45, 7) is 0. The quantitative estimate of drug-likeness (QED) is 0.931. The second kappa shape index (κ2) is 5.41. The molecule has 0 radical (unpaired) electrons. The number of nitriles is 2. The summed E-state index contributed by atoms with van der Waals surface area (Å²) >= 11 is 2.63. The Morgan fingerprint density at radius 2 is 2.28 bits per heavy atom. The third-order valence-corrected chi connectivity index (χ3v) is 3.73. The van der Waals surface area contributed by atoms with Crippen molar-refractivity contribution in [2.75, 3.05) is 5.32 Å². The van der Waals surface area contributed by atoms with Gasteiger partial charge in [0.15, 0.2) is 5.13 Å². The summed E-state index contributed by atoms with van der Waals surface area (Å²) in [4.78, 5) is 16.9. The van der Waals surface area contributed by atoms with E-state index in [1.54, 1.807) is 17.5 Å². The third kappa shape index (κ3) is 2.72. The molecule has 18 heavy (non-hydrogen) atoms. The van der Waals surface area contributed by atoms with Crippen LogP contribution in [0.1, 0.15) is 11.3 Å². The van der Waals surface area contributed by atoms with E-state index in [1.165, 1.54) is 22.7 Å². The van der Waals surface area contributed by atoms with Crippen molar-refractivity contribution in [3.8, 4) is 22.7 Å². The maximum absolute atomic E-state index is 11.2. The number of nitrogens with one attached hydrogen (secondary N) is 1. The molecule has 2 rings (SSSR count). The lowest BCUT2D eigenvalue weighted by Gasteiger charge is -1.95. The highest BCUT2D eigenvalue weighted by Gasteiger charge is 2.09. The maximum Gasteiger partial charge on any atom is 0.240 e. The number of carbonyl (C=O) groups excluding carboxylic acids is 1. The molecule has 2 aromatic heterocycles. The van der Waals surface area contributed by atoms with Crippen LogP contribution in [0.5, 0.6) is 0 Å². The number of amides is 1. The van der Waals surface area contributed by atoms with Gasteiger partial charge in [-0.15, -0.1) is 22.7 Å². The van der Waals surface area contributed by atoms with Crippen molar-refractivity contribution in [3.05, 3.63) is 22.4 Å². The molecule has 0 spiro atoms. The molecule has 0 atom stereocenters. The number of thiazole rings is 1. The lowest BCUT2D eigenvalue weighted by atomic mass is 10.4. The Morgan fingerprint density at radius 1 is 1.44 bits per heavy atom. The minimum atomic E-state index is -0.373. The van der Waals surface area contributed by atoms with Crippen LogP contribution in [0, 0.1) is 22.7 Å². The zero-order valence-electron chi connectivity index (χ0n) is 9.01. The Balaban J connectivity index is 2.13. The van der Waals surface area contributed by atoms with Crippen LogP contribution in [-0.2, 0) is 4.79 Å². The molecule has 5 nitrogen and oxygen atoms in total. The van der Waals surface area contributed by atoms with E-state index < -0.39 is 0 Å². The van der Waals surface area contributed by atoms with Gasteiger partial charge in [0.25, 0.3) is 0 Å². The molecule has 0 saturated heterocycles. The highest BCUT2D eigenvalue weighted by molar-refractivity contribution is 7.17. The third-order valence-electron chi connectivity index (χ3n) is 1.96. The average Bonchev–Trinajstić information content (AvgIpc) is 2.96. The van der Waals surface area contributed by atoms with Crippen LogP contribution in [0.15, 0.2) is 17.5 Å². The number of hydrogen-bond acceptors (Lipinski definition) is 6. The summed E-state index contributed by atoms with van der Waals surface area (Å²) < 4.78 is 0. The van der Waals surface area contributed by atoms with Crippen LogP contribution in [0.4, 0.5) is 5.13 Å². The minimum absolute atomic E-state index is 0.188. The molecular formula is C11H6N4OS2. The molecule has 0 bridgehead atoms. The SMILES string of the molecule is N#CCC(=O)Nc1nc(-c2ccc(C#N)s2)cs1. The van der Waals surface area contributed by atoms with Gasteiger partial charge in [-0.1, -0.05) is 0 Å². The van der Waals surface area contributed by atoms with E-state index in [4.69, 9.17) is 10.5 Å². The van der Waals surface area contributed by atoms with Crippen LogP contribution in [0.25, 0.3) is 10.6 Å². The molecule has 7 heteroatoms. The highest BCUT2D eigenvalue weighted by Crippen LogP contribution is 2.30. The first-order valence-corrected chi connectivity index (χ1v) is 6.55. The number of thiophene rings is 1. The molecule has 0 aliphatic carbocycles. The Labute approximate surface area is 111 Å². The van der Waals surface area contributed by atoms with Gasteiger partial charge in [0.2, 0.25) is 5.91 Å². The van der Waals surface area contributed by atoms with Crippen LogP contribution in [0.3, 0.4) is 0 Å².